The van der Waals surface area contributed by atoms with E-state index in [-0.39, 0.29) is 23.2 Å². The minimum Gasteiger partial charge on any atom is -0.497 e. The van der Waals surface area contributed by atoms with Gasteiger partial charge in [-0.2, -0.15) is 0 Å². The molecule has 0 saturated heterocycles. The first-order chi connectivity index (χ1) is 13.0. The van der Waals surface area contributed by atoms with Gasteiger partial charge in [0.15, 0.2) is 0 Å². The Hall–Kier alpha value is -3.12. The Bertz CT molecular complexity index is 1010. The topological polar surface area (TPSA) is 74.4 Å². The molecule has 27 heavy (non-hydrogen) atoms. The van der Waals surface area contributed by atoms with Gasteiger partial charge in [-0.25, -0.2) is 0 Å². The average Bonchev–Trinajstić information content (AvgIpc) is 2.68. The minimum absolute atomic E-state index is 0.0313. The van der Waals surface area contributed by atoms with Crippen LogP contribution in [0, 0.1) is 0 Å². The summed E-state index contributed by atoms with van der Waals surface area (Å²) in [5.41, 5.74) is 1.02. The number of pyridine rings is 1. The maximum Gasteiger partial charge on any atom is 0.267 e. The SMILES string of the molecule is COc1cccc(C(CNC(=O)c2cc3ccccc3c(=O)[nH]2)N(C)C)c1. The van der Waals surface area contributed by atoms with Gasteiger partial charge in [0, 0.05) is 11.9 Å². The van der Waals surface area contributed by atoms with E-state index < -0.39 is 0 Å². The lowest BCUT2D eigenvalue weighted by molar-refractivity contribution is 0.0937. The Kier molecular flexibility index (Phi) is 5.57. The van der Waals surface area contributed by atoms with Crippen LogP contribution in [0.5, 0.6) is 5.75 Å². The van der Waals surface area contributed by atoms with E-state index in [1.165, 1.54) is 0 Å². The number of carbonyl (C=O) groups excluding carboxylic acids is 1. The number of benzene rings is 2. The molecule has 140 valence electrons. The lowest BCUT2D eigenvalue weighted by atomic mass is 10.1. The normalized spacial score (nSPS) is 12.1. The summed E-state index contributed by atoms with van der Waals surface area (Å²) in [5, 5.41) is 4.22. The third-order valence-corrected chi connectivity index (χ3v) is 4.56. The number of aromatic amines is 1. The predicted molar refractivity (Wildman–Crippen MR) is 106 cm³/mol. The molecule has 0 fully saturated rings. The molecule has 1 heterocycles. The van der Waals surface area contributed by atoms with Crippen molar-refractivity contribution < 1.29 is 9.53 Å². The maximum absolute atomic E-state index is 12.6. The van der Waals surface area contributed by atoms with Crippen LogP contribution in [-0.4, -0.2) is 43.5 Å². The van der Waals surface area contributed by atoms with Gasteiger partial charge in [0.05, 0.1) is 13.2 Å². The van der Waals surface area contributed by atoms with Crippen molar-refractivity contribution in [2.75, 3.05) is 27.7 Å². The molecule has 0 bridgehead atoms. The standard InChI is InChI=1S/C21H23N3O3/c1-24(2)19(15-8-6-9-16(11-15)27-3)13-22-21(26)18-12-14-7-4-5-10-17(14)20(25)23-18/h4-12,19H,13H2,1-3H3,(H,22,26)(H,23,25). The van der Waals surface area contributed by atoms with Crippen LogP contribution in [0.25, 0.3) is 10.8 Å². The number of hydrogen-bond donors (Lipinski definition) is 2. The lowest BCUT2D eigenvalue weighted by Gasteiger charge is -2.25. The van der Waals surface area contributed by atoms with Gasteiger partial charge in [-0.05, 0) is 49.3 Å². The third-order valence-electron chi connectivity index (χ3n) is 4.56. The van der Waals surface area contributed by atoms with Crippen LogP contribution in [-0.2, 0) is 0 Å². The second-order valence-electron chi connectivity index (χ2n) is 6.57. The van der Waals surface area contributed by atoms with Gasteiger partial charge >= 0.3 is 0 Å². The van der Waals surface area contributed by atoms with Crippen LogP contribution in [0.4, 0.5) is 0 Å². The first kappa shape index (κ1) is 18.7. The maximum atomic E-state index is 12.6. The Morgan fingerprint density at radius 3 is 2.67 bits per heavy atom. The number of amides is 1. The molecule has 3 rings (SSSR count). The molecule has 3 aromatic rings. The van der Waals surface area contributed by atoms with Gasteiger partial charge < -0.3 is 19.9 Å². The minimum atomic E-state index is -0.312. The quantitative estimate of drug-likeness (QED) is 0.704. The van der Waals surface area contributed by atoms with E-state index in [1.54, 1.807) is 25.3 Å². The second kappa shape index (κ2) is 8.05. The summed E-state index contributed by atoms with van der Waals surface area (Å²) in [6.45, 7) is 0.397. The summed E-state index contributed by atoms with van der Waals surface area (Å²) >= 11 is 0. The molecule has 2 N–H and O–H groups in total. The summed E-state index contributed by atoms with van der Waals surface area (Å²) in [7, 11) is 5.53. The van der Waals surface area contributed by atoms with E-state index >= 15 is 0 Å². The molecule has 0 aliphatic rings. The molecule has 1 aromatic heterocycles. The lowest BCUT2D eigenvalue weighted by Crippen LogP contribution is -2.35. The van der Waals surface area contributed by atoms with Crippen LogP contribution in [0.1, 0.15) is 22.1 Å². The van der Waals surface area contributed by atoms with Crippen LogP contribution >= 0.6 is 0 Å². The van der Waals surface area contributed by atoms with Crippen molar-refractivity contribution >= 4 is 16.7 Å². The van der Waals surface area contributed by atoms with Crippen molar-refractivity contribution in [3.8, 4) is 5.75 Å². The van der Waals surface area contributed by atoms with Crippen molar-refractivity contribution in [2.45, 2.75) is 6.04 Å². The third kappa shape index (κ3) is 4.17. The number of likely N-dealkylation sites (N-methyl/N-ethyl adjacent to an activating group) is 1. The van der Waals surface area contributed by atoms with Crippen molar-refractivity contribution in [1.82, 2.24) is 15.2 Å². The van der Waals surface area contributed by atoms with Gasteiger partial charge in [-0.1, -0.05) is 30.3 Å². The fourth-order valence-corrected chi connectivity index (χ4v) is 3.07. The highest BCUT2D eigenvalue weighted by atomic mass is 16.5. The van der Waals surface area contributed by atoms with Crippen LogP contribution in [0.15, 0.2) is 59.4 Å². The van der Waals surface area contributed by atoms with E-state index in [1.807, 2.05) is 55.4 Å². The number of aromatic nitrogens is 1. The molecular weight excluding hydrogens is 342 g/mol. The Morgan fingerprint density at radius 1 is 1.15 bits per heavy atom. The Morgan fingerprint density at radius 2 is 1.93 bits per heavy atom. The molecule has 0 aliphatic heterocycles. The molecule has 0 spiro atoms. The van der Waals surface area contributed by atoms with Crippen molar-refractivity contribution in [3.05, 3.63) is 76.2 Å². The first-order valence-electron chi connectivity index (χ1n) is 8.70. The van der Waals surface area contributed by atoms with Gasteiger partial charge in [-0.3, -0.25) is 9.59 Å². The van der Waals surface area contributed by atoms with E-state index in [2.05, 4.69) is 10.3 Å². The summed E-state index contributed by atoms with van der Waals surface area (Å²) in [6, 6.07) is 16.6. The highest BCUT2D eigenvalue weighted by molar-refractivity contribution is 5.96. The first-order valence-corrected chi connectivity index (χ1v) is 8.70. The molecule has 0 aliphatic carbocycles. The van der Waals surface area contributed by atoms with Gasteiger partial charge in [-0.15, -0.1) is 0 Å². The van der Waals surface area contributed by atoms with Crippen molar-refractivity contribution in [2.24, 2.45) is 0 Å². The molecule has 1 unspecified atom stereocenters. The number of H-pyrrole nitrogens is 1. The molecule has 6 nitrogen and oxygen atoms in total. The molecule has 0 saturated carbocycles. The highest BCUT2D eigenvalue weighted by Gasteiger charge is 2.17. The number of ether oxygens (including phenoxy) is 1. The number of fused-ring (bicyclic) bond motifs is 1. The molecule has 1 amide bonds. The average molecular weight is 365 g/mol. The fourth-order valence-electron chi connectivity index (χ4n) is 3.07. The number of hydrogen-bond acceptors (Lipinski definition) is 4. The van der Waals surface area contributed by atoms with E-state index in [0.29, 0.717) is 11.9 Å². The molecule has 1 atom stereocenters. The van der Waals surface area contributed by atoms with Crippen LogP contribution in [0.2, 0.25) is 0 Å². The van der Waals surface area contributed by atoms with E-state index in [9.17, 15) is 9.59 Å². The summed E-state index contributed by atoms with van der Waals surface area (Å²) < 4.78 is 5.29. The monoisotopic (exact) mass is 365 g/mol. The zero-order valence-corrected chi connectivity index (χ0v) is 15.7. The van der Waals surface area contributed by atoms with Crippen molar-refractivity contribution in [1.29, 1.82) is 0 Å². The second-order valence-corrected chi connectivity index (χ2v) is 6.57. The zero-order chi connectivity index (χ0) is 19.4. The summed E-state index contributed by atoms with van der Waals surface area (Å²) in [4.78, 5) is 29.5. The van der Waals surface area contributed by atoms with Crippen molar-refractivity contribution in [3.63, 3.8) is 0 Å². The van der Waals surface area contributed by atoms with Crippen LogP contribution in [0.3, 0.4) is 0 Å². The Balaban J connectivity index is 1.79. The highest BCUT2D eigenvalue weighted by Crippen LogP contribution is 2.22. The number of nitrogens with zero attached hydrogens (tertiary/aromatic N) is 1. The number of rotatable bonds is 6. The van der Waals surface area contributed by atoms with Crippen LogP contribution < -0.4 is 15.6 Å². The molecular formula is C21H23N3O3. The van der Waals surface area contributed by atoms with Gasteiger partial charge in [0.2, 0.25) is 0 Å². The van der Waals surface area contributed by atoms with E-state index in [4.69, 9.17) is 4.74 Å². The Labute approximate surface area is 157 Å². The van der Waals surface area contributed by atoms with E-state index in [0.717, 1.165) is 16.7 Å². The smallest absolute Gasteiger partial charge is 0.267 e. The largest absolute Gasteiger partial charge is 0.497 e. The zero-order valence-electron chi connectivity index (χ0n) is 15.7. The number of methoxy groups -OCH3 is 1. The molecule has 2 aromatic carbocycles. The number of nitrogens with one attached hydrogen (secondary N) is 2. The predicted octanol–water partition coefficient (Wildman–Crippen LogP) is 2.57. The van der Waals surface area contributed by atoms with Gasteiger partial charge in [0.1, 0.15) is 11.4 Å². The van der Waals surface area contributed by atoms with Gasteiger partial charge in [0.25, 0.3) is 11.5 Å². The fraction of sp³-hybridized carbons (Fsp3) is 0.238. The number of carbonyl (C=O) groups is 1. The molecule has 0 radical (unpaired) electrons. The molecule has 6 heteroatoms. The summed E-state index contributed by atoms with van der Waals surface area (Å²) in [6.07, 6.45) is 0. The summed E-state index contributed by atoms with van der Waals surface area (Å²) in [5.74, 6) is 0.456.